The molecule has 3 nitrogen and oxygen atoms in total. The summed E-state index contributed by atoms with van der Waals surface area (Å²) >= 11 is 0. The Kier molecular flexibility index (Phi) is 5.11. The highest BCUT2D eigenvalue weighted by molar-refractivity contribution is 5.91. The fraction of sp³-hybridized carbons (Fsp3) is 0.500. The average molecular weight is 274 g/mol. The Bertz CT molecular complexity index is 514. The van der Waals surface area contributed by atoms with Gasteiger partial charge in [0.25, 0.3) is 0 Å². The number of nitrogens with zero attached hydrogens (tertiary/aromatic N) is 1. The van der Waals surface area contributed by atoms with E-state index in [1.807, 2.05) is 6.07 Å². The van der Waals surface area contributed by atoms with Crippen LogP contribution >= 0.6 is 0 Å². The molecule has 0 saturated heterocycles. The monoisotopic (exact) mass is 274 g/mol. The van der Waals surface area contributed by atoms with Gasteiger partial charge in [-0.15, -0.1) is 0 Å². The van der Waals surface area contributed by atoms with E-state index < -0.39 is 5.82 Å². The molecule has 4 heteroatoms. The van der Waals surface area contributed by atoms with E-state index in [-0.39, 0.29) is 17.2 Å². The molecule has 1 aliphatic carbocycles. The first kappa shape index (κ1) is 14.5. The number of anilines is 1. The van der Waals surface area contributed by atoms with Crippen molar-refractivity contribution in [2.45, 2.75) is 44.9 Å². The Labute approximate surface area is 118 Å². The second-order valence-corrected chi connectivity index (χ2v) is 5.42. The van der Waals surface area contributed by atoms with Crippen LogP contribution in [0.4, 0.5) is 10.1 Å². The van der Waals surface area contributed by atoms with Gasteiger partial charge in [0.1, 0.15) is 5.82 Å². The summed E-state index contributed by atoms with van der Waals surface area (Å²) in [6.07, 6.45) is 7.50. The van der Waals surface area contributed by atoms with Crippen LogP contribution in [0.5, 0.6) is 0 Å². The van der Waals surface area contributed by atoms with Crippen molar-refractivity contribution in [3.63, 3.8) is 0 Å². The Hall–Kier alpha value is -1.89. The summed E-state index contributed by atoms with van der Waals surface area (Å²) < 4.78 is 13.7. The van der Waals surface area contributed by atoms with Gasteiger partial charge in [-0.3, -0.25) is 4.79 Å². The molecule has 0 bridgehead atoms. The van der Waals surface area contributed by atoms with Crippen molar-refractivity contribution >= 4 is 11.6 Å². The molecule has 0 aromatic heterocycles. The number of hydrogen-bond acceptors (Lipinski definition) is 2. The van der Waals surface area contributed by atoms with E-state index in [4.69, 9.17) is 5.26 Å². The Morgan fingerprint density at radius 2 is 2.00 bits per heavy atom. The minimum absolute atomic E-state index is 0.138. The molecule has 1 aromatic rings. The molecule has 1 saturated carbocycles. The van der Waals surface area contributed by atoms with Crippen molar-refractivity contribution in [3.8, 4) is 6.07 Å². The Morgan fingerprint density at radius 1 is 1.30 bits per heavy atom. The zero-order valence-corrected chi connectivity index (χ0v) is 11.5. The third-order valence-electron chi connectivity index (χ3n) is 3.82. The first-order valence-electron chi connectivity index (χ1n) is 7.18. The third-order valence-corrected chi connectivity index (χ3v) is 3.82. The summed E-state index contributed by atoms with van der Waals surface area (Å²) in [6.45, 7) is 0. The molecule has 1 amide bonds. The lowest BCUT2D eigenvalue weighted by Crippen LogP contribution is -2.17. The number of nitriles is 1. The number of halogens is 1. The number of hydrogen-bond donors (Lipinski definition) is 1. The minimum atomic E-state index is -0.557. The lowest BCUT2D eigenvalue weighted by molar-refractivity contribution is -0.117. The van der Waals surface area contributed by atoms with Crippen LogP contribution in [0.1, 0.15) is 50.5 Å². The zero-order valence-electron chi connectivity index (χ0n) is 11.5. The van der Waals surface area contributed by atoms with E-state index in [2.05, 4.69) is 5.32 Å². The van der Waals surface area contributed by atoms with Crippen LogP contribution < -0.4 is 5.32 Å². The molecule has 0 unspecified atom stereocenters. The van der Waals surface area contributed by atoms with Crippen LogP contribution in [0.25, 0.3) is 0 Å². The highest BCUT2D eigenvalue weighted by atomic mass is 19.1. The van der Waals surface area contributed by atoms with Gasteiger partial charge in [0, 0.05) is 6.42 Å². The van der Waals surface area contributed by atoms with Gasteiger partial charge in [0.05, 0.1) is 17.3 Å². The van der Waals surface area contributed by atoms with Crippen LogP contribution in [0.15, 0.2) is 18.2 Å². The highest BCUT2D eigenvalue weighted by Gasteiger charge is 2.17. The maximum Gasteiger partial charge on any atom is 0.224 e. The summed E-state index contributed by atoms with van der Waals surface area (Å²) in [4.78, 5) is 12.0. The van der Waals surface area contributed by atoms with Gasteiger partial charge in [-0.2, -0.15) is 5.26 Å². The van der Waals surface area contributed by atoms with Crippen molar-refractivity contribution in [1.82, 2.24) is 0 Å². The first-order valence-corrected chi connectivity index (χ1v) is 7.18. The van der Waals surface area contributed by atoms with E-state index in [1.54, 1.807) is 0 Å². The molecule has 0 radical (unpaired) electrons. The standard InChI is InChI=1S/C16H19FN2O/c17-14-9-13(11-18)7-8-15(14)19-16(20)10-12-5-3-1-2-4-6-12/h7-9,12H,1-6,10H2,(H,19,20). The van der Waals surface area contributed by atoms with Gasteiger partial charge < -0.3 is 5.32 Å². The maximum absolute atomic E-state index is 13.7. The van der Waals surface area contributed by atoms with Crippen LogP contribution in [0, 0.1) is 23.1 Å². The van der Waals surface area contributed by atoms with Gasteiger partial charge >= 0.3 is 0 Å². The molecule has 1 aromatic carbocycles. The maximum atomic E-state index is 13.7. The van der Waals surface area contributed by atoms with Crippen LogP contribution in [0.3, 0.4) is 0 Å². The molecule has 0 aliphatic heterocycles. The molecule has 106 valence electrons. The normalized spacial score (nSPS) is 16.2. The molecule has 0 heterocycles. The molecule has 1 aliphatic rings. The molecule has 0 atom stereocenters. The van der Waals surface area contributed by atoms with Crippen LogP contribution in [0.2, 0.25) is 0 Å². The van der Waals surface area contributed by atoms with E-state index in [0.717, 1.165) is 18.9 Å². The summed E-state index contributed by atoms with van der Waals surface area (Å²) in [5.41, 5.74) is 0.409. The quantitative estimate of drug-likeness (QED) is 0.847. The van der Waals surface area contributed by atoms with E-state index in [9.17, 15) is 9.18 Å². The minimum Gasteiger partial charge on any atom is -0.324 e. The smallest absolute Gasteiger partial charge is 0.224 e. The predicted octanol–water partition coefficient (Wildman–Crippen LogP) is 4.00. The van der Waals surface area contributed by atoms with E-state index in [0.29, 0.717) is 12.3 Å². The average Bonchev–Trinajstić information content (AvgIpc) is 2.69. The number of amides is 1. The van der Waals surface area contributed by atoms with Crippen LogP contribution in [-0.4, -0.2) is 5.91 Å². The number of nitrogens with one attached hydrogen (secondary N) is 1. The SMILES string of the molecule is N#Cc1ccc(NC(=O)CC2CCCCCC2)c(F)c1. The summed E-state index contributed by atoms with van der Waals surface area (Å²) in [5, 5.41) is 11.3. The van der Waals surface area contributed by atoms with E-state index in [1.165, 1.54) is 37.8 Å². The van der Waals surface area contributed by atoms with Crippen molar-refractivity contribution in [3.05, 3.63) is 29.6 Å². The van der Waals surface area contributed by atoms with Gasteiger partial charge in [-0.1, -0.05) is 25.7 Å². The molecule has 2 rings (SSSR count). The van der Waals surface area contributed by atoms with Gasteiger partial charge in [-0.05, 0) is 37.0 Å². The Morgan fingerprint density at radius 3 is 2.60 bits per heavy atom. The molecule has 0 spiro atoms. The lowest BCUT2D eigenvalue weighted by Gasteiger charge is -2.14. The predicted molar refractivity (Wildman–Crippen MR) is 75.6 cm³/mol. The number of benzene rings is 1. The van der Waals surface area contributed by atoms with Gasteiger partial charge in [0.2, 0.25) is 5.91 Å². The molecule has 1 N–H and O–H groups in total. The number of rotatable bonds is 3. The summed E-state index contributed by atoms with van der Waals surface area (Å²) in [5.74, 6) is -0.280. The van der Waals surface area contributed by atoms with Crippen molar-refractivity contribution in [2.24, 2.45) is 5.92 Å². The Balaban J connectivity index is 1.92. The van der Waals surface area contributed by atoms with Gasteiger partial charge in [0.15, 0.2) is 0 Å². The van der Waals surface area contributed by atoms with E-state index >= 15 is 0 Å². The van der Waals surface area contributed by atoms with Crippen molar-refractivity contribution in [1.29, 1.82) is 5.26 Å². The second kappa shape index (κ2) is 7.04. The number of carbonyl (C=O) groups excluding carboxylic acids is 1. The largest absolute Gasteiger partial charge is 0.324 e. The fourth-order valence-electron chi connectivity index (χ4n) is 2.72. The molecule has 20 heavy (non-hydrogen) atoms. The van der Waals surface area contributed by atoms with Gasteiger partial charge in [-0.25, -0.2) is 4.39 Å². The molecular formula is C16H19FN2O. The number of carbonyl (C=O) groups is 1. The molecule has 1 fully saturated rings. The fourth-order valence-corrected chi connectivity index (χ4v) is 2.72. The zero-order chi connectivity index (χ0) is 14.4. The topological polar surface area (TPSA) is 52.9 Å². The lowest BCUT2D eigenvalue weighted by atomic mass is 9.96. The van der Waals surface area contributed by atoms with Crippen LogP contribution in [-0.2, 0) is 4.79 Å². The highest BCUT2D eigenvalue weighted by Crippen LogP contribution is 2.26. The second-order valence-electron chi connectivity index (χ2n) is 5.42. The third kappa shape index (κ3) is 4.06. The molecular weight excluding hydrogens is 255 g/mol. The summed E-state index contributed by atoms with van der Waals surface area (Å²) in [6, 6.07) is 5.96. The first-order chi connectivity index (χ1) is 9.69. The summed E-state index contributed by atoms with van der Waals surface area (Å²) in [7, 11) is 0. The van der Waals surface area contributed by atoms with Crippen molar-refractivity contribution in [2.75, 3.05) is 5.32 Å². The van der Waals surface area contributed by atoms with Crippen molar-refractivity contribution < 1.29 is 9.18 Å².